The number of pyridine rings is 1. The first-order valence-electron chi connectivity index (χ1n) is 9.55. The number of carbonyl (C=O) groups is 2. The molecule has 2 N–H and O–H groups in total. The Balaban J connectivity index is 1.66. The van der Waals surface area contributed by atoms with Crippen LogP contribution < -0.4 is 5.32 Å². The normalized spacial score (nSPS) is 16.4. The fraction of sp³-hybridized carbons (Fsp3) is 0.174. The van der Waals surface area contributed by atoms with Gasteiger partial charge in [-0.3, -0.25) is 14.7 Å². The molecule has 0 saturated carbocycles. The monoisotopic (exact) mass is 421 g/mol. The van der Waals surface area contributed by atoms with Gasteiger partial charge in [0.05, 0.1) is 11.6 Å². The lowest BCUT2D eigenvalue weighted by Crippen LogP contribution is -2.43. The van der Waals surface area contributed by atoms with Crippen LogP contribution in [0.1, 0.15) is 27.2 Å². The van der Waals surface area contributed by atoms with Crippen LogP contribution in [0.5, 0.6) is 0 Å². The predicted molar refractivity (Wildman–Crippen MR) is 114 cm³/mol. The van der Waals surface area contributed by atoms with Gasteiger partial charge in [0.1, 0.15) is 0 Å². The molecule has 0 bridgehead atoms. The zero-order valence-electron chi connectivity index (χ0n) is 16.1. The van der Waals surface area contributed by atoms with Gasteiger partial charge in [0.15, 0.2) is 0 Å². The molecule has 0 aliphatic carbocycles. The van der Waals surface area contributed by atoms with Crippen molar-refractivity contribution in [2.75, 3.05) is 5.32 Å². The Morgan fingerprint density at radius 3 is 2.67 bits per heavy atom. The topological polar surface area (TPSA) is 82.5 Å². The van der Waals surface area contributed by atoms with Crippen LogP contribution in [0.15, 0.2) is 66.9 Å². The van der Waals surface area contributed by atoms with E-state index in [-0.39, 0.29) is 11.5 Å². The fourth-order valence-corrected chi connectivity index (χ4v) is 3.78. The second-order valence-electron chi connectivity index (χ2n) is 7.24. The minimum absolute atomic E-state index is 0.121. The van der Waals surface area contributed by atoms with E-state index in [0.29, 0.717) is 30.2 Å². The highest BCUT2D eigenvalue weighted by atomic mass is 35.5. The van der Waals surface area contributed by atoms with E-state index >= 15 is 0 Å². The zero-order valence-corrected chi connectivity index (χ0v) is 16.8. The van der Waals surface area contributed by atoms with E-state index in [4.69, 9.17) is 16.7 Å². The maximum absolute atomic E-state index is 13.1. The Bertz CT molecular complexity index is 1070. The van der Waals surface area contributed by atoms with Gasteiger partial charge < -0.3 is 10.4 Å². The Morgan fingerprint density at radius 2 is 1.97 bits per heavy atom. The number of carbonyl (C=O) groups excluding carboxylic acids is 1. The molecule has 4 rings (SSSR count). The number of nitrogens with one attached hydrogen (secondary N) is 1. The molecule has 0 saturated heterocycles. The first-order valence-corrected chi connectivity index (χ1v) is 9.93. The minimum Gasteiger partial charge on any atom is -0.478 e. The van der Waals surface area contributed by atoms with E-state index in [1.165, 1.54) is 0 Å². The first-order chi connectivity index (χ1) is 14.5. The summed E-state index contributed by atoms with van der Waals surface area (Å²) in [7, 11) is 0. The Hall–Kier alpha value is -3.22. The Labute approximate surface area is 179 Å². The van der Waals surface area contributed by atoms with Crippen LogP contribution in [-0.2, 0) is 24.3 Å². The summed E-state index contributed by atoms with van der Waals surface area (Å²) in [4.78, 5) is 30.7. The molecule has 0 radical (unpaired) electrons. The van der Waals surface area contributed by atoms with Crippen LogP contribution in [0.3, 0.4) is 0 Å². The van der Waals surface area contributed by atoms with Crippen LogP contribution in [-0.4, -0.2) is 32.9 Å². The number of aromatic nitrogens is 1. The number of rotatable bonds is 5. The number of aromatic carboxylic acids is 1. The number of benzene rings is 2. The van der Waals surface area contributed by atoms with Crippen molar-refractivity contribution in [2.45, 2.75) is 25.6 Å². The summed E-state index contributed by atoms with van der Waals surface area (Å²) >= 11 is 6.13. The maximum Gasteiger partial charge on any atom is 0.335 e. The molecule has 6 nitrogen and oxygen atoms in total. The van der Waals surface area contributed by atoms with E-state index in [2.05, 4.69) is 15.2 Å². The van der Waals surface area contributed by atoms with Gasteiger partial charge in [0, 0.05) is 42.1 Å². The van der Waals surface area contributed by atoms with Crippen molar-refractivity contribution in [1.82, 2.24) is 9.88 Å². The maximum atomic E-state index is 13.1. The molecule has 1 amide bonds. The molecule has 1 aliphatic heterocycles. The molecule has 0 spiro atoms. The summed E-state index contributed by atoms with van der Waals surface area (Å²) in [6, 6.07) is 17.4. The zero-order chi connectivity index (χ0) is 21.1. The summed E-state index contributed by atoms with van der Waals surface area (Å²) in [6.07, 6.45) is 2.18. The molecule has 1 atom stereocenters. The number of hydrogen-bond donors (Lipinski definition) is 2. The van der Waals surface area contributed by atoms with Gasteiger partial charge >= 0.3 is 5.97 Å². The number of carboxylic acid groups (broad SMARTS) is 1. The SMILES string of the molecule is O=C(O)c1ccc(CN2Cc3ccc(Cl)cc3NC(=O)C2Cc2ccccn2)cc1. The third-order valence-corrected chi connectivity index (χ3v) is 5.40. The van der Waals surface area contributed by atoms with Gasteiger partial charge in [-0.15, -0.1) is 0 Å². The van der Waals surface area contributed by atoms with Gasteiger partial charge in [0.2, 0.25) is 5.91 Å². The van der Waals surface area contributed by atoms with Gasteiger partial charge in [-0.1, -0.05) is 35.9 Å². The van der Waals surface area contributed by atoms with Crippen molar-refractivity contribution in [2.24, 2.45) is 0 Å². The standard InChI is InChI=1S/C23H20ClN3O3/c24-18-9-8-17-14-27(13-15-4-6-16(7-5-15)23(29)30)21(22(28)26-20(17)11-18)12-19-3-1-2-10-25-19/h1-11,21H,12-14H2,(H,26,28)(H,29,30). The lowest BCUT2D eigenvalue weighted by atomic mass is 10.1. The number of halogens is 1. The van der Waals surface area contributed by atoms with Gasteiger partial charge in [0.25, 0.3) is 0 Å². The number of fused-ring (bicyclic) bond motifs is 1. The number of amides is 1. The van der Waals surface area contributed by atoms with Gasteiger partial charge in [-0.25, -0.2) is 4.79 Å². The van der Waals surface area contributed by atoms with E-state index in [0.717, 1.165) is 16.8 Å². The molecule has 2 heterocycles. The first kappa shape index (κ1) is 20.1. The largest absolute Gasteiger partial charge is 0.478 e. The van der Waals surface area contributed by atoms with Crippen LogP contribution >= 0.6 is 11.6 Å². The summed E-state index contributed by atoms with van der Waals surface area (Å²) in [5.41, 5.74) is 3.67. The average Bonchev–Trinajstić information content (AvgIpc) is 2.86. The van der Waals surface area contributed by atoms with Crippen LogP contribution in [0, 0.1) is 0 Å². The van der Waals surface area contributed by atoms with E-state index in [9.17, 15) is 9.59 Å². The second kappa shape index (κ2) is 8.65. The van der Waals surface area contributed by atoms with E-state index in [1.54, 1.807) is 36.5 Å². The molecule has 2 aromatic carbocycles. The molecule has 1 aliphatic rings. The molecule has 30 heavy (non-hydrogen) atoms. The summed E-state index contributed by atoms with van der Waals surface area (Å²) in [5.74, 6) is -1.08. The molecule has 7 heteroatoms. The number of hydrogen-bond acceptors (Lipinski definition) is 4. The summed E-state index contributed by atoms with van der Waals surface area (Å²) in [6.45, 7) is 1.04. The number of nitrogens with zero attached hydrogens (tertiary/aromatic N) is 2. The molecule has 3 aromatic rings. The highest BCUT2D eigenvalue weighted by molar-refractivity contribution is 6.31. The molecular formula is C23H20ClN3O3. The van der Waals surface area contributed by atoms with Crippen molar-refractivity contribution in [3.05, 3.63) is 94.3 Å². The minimum atomic E-state index is -0.963. The van der Waals surface area contributed by atoms with Crippen LogP contribution in [0.25, 0.3) is 0 Å². The van der Waals surface area contributed by atoms with E-state index in [1.807, 2.05) is 30.3 Å². The summed E-state index contributed by atoms with van der Waals surface area (Å²) < 4.78 is 0. The van der Waals surface area contributed by atoms with Crippen molar-refractivity contribution < 1.29 is 14.7 Å². The second-order valence-corrected chi connectivity index (χ2v) is 7.68. The predicted octanol–water partition coefficient (Wildman–Crippen LogP) is 4.00. The van der Waals surface area contributed by atoms with E-state index < -0.39 is 12.0 Å². The molecule has 1 unspecified atom stereocenters. The lowest BCUT2D eigenvalue weighted by Gasteiger charge is -2.28. The Kier molecular flexibility index (Phi) is 5.79. The molecular weight excluding hydrogens is 402 g/mol. The van der Waals surface area contributed by atoms with Gasteiger partial charge in [-0.05, 0) is 47.5 Å². The van der Waals surface area contributed by atoms with Crippen molar-refractivity contribution in [3.63, 3.8) is 0 Å². The third-order valence-electron chi connectivity index (χ3n) is 5.16. The average molecular weight is 422 g/mol. The third kappa shape index (κ3) is 4.50. The molecule has 0 fully saturated rings. The number of carboxylic acids is 1. The number of anilines is 1. The fourth-order valence-electron chi connectivity index (χ4n) is 3.61. The molecule has 1 aromatic heterocycles. The van der Waals surface area contributed by atoms with Crippen LogP contribution in [0.4, 0.5) is 5.69 Å². The van der Waals surface area contributed by atoms with Gasteiger partial charge in [-0.2, -0.15) is 0 Å². The smallest absolute Gasteiger partial charge is 0.335 e. The van der Waals surface area contributed by atoms with Crippen LogP contribution in [0.2, 0.25) is 5.02 Å². The lowest BCUT2D eigenvalue weighted by molar-refractivity contribution is -0.121. The highest BCUT2D eigenvalue weighted by Gasteiger charge is 2.31. The Morgan fingerprint density at radius 1 is 1.17 bits per heavy atom. The molecule has 152 valence electrons. The summed E-state index contributed by atoms with van der Waals surface area (Å²) in [5, 5.41) is 12.7. The van der Waals surface area contributed by atoms with Crippen molar-refractivity contribution >= 4 is 29.2 Å². The highest BCUT2D eigenvalue weighted by Crippen LogP contribution is 2.28. The van der Waals surface area contributed by atoms with Crippen molar-refractivity contribution in [1.29, 1.82) is 0 Å². The quantitative estimate of drug-likeness (QED) is 0.650. The van der Waals surface area contributed by atoms with Crippen molar-refractivity contribution in [3.8, 4) is 0 Å².